The molecule has 3 rings (SSSR count). The van der Waals surface area contributed by atoms with Crippen molar-refractivity contribution in [3.63, 3.8) is 0 Å². The van der Waals surface area contributed by atoms with E-state index in [0.717, 1.165) is 27.9 Å². The highest BCUT2D eigenvalue weighted by molar-refractivity contribution is 6.34. The number of rotatable bonds is 3. The molecule has 20 heavy (non-hydrogen) atoms. The fraction of sp³-hybridized carbons (Fsp3) is 0.214. The number of nitrogens with zero attached hydrogens (tertiary/aromatic N) is 4. The van der Waals surface area contributed by atoms with Crippen molar-refractivity contribution in [3.8, 4) is 5.75 Å². The Labute approximate surface area is 121 Å². The third kappa shape index (κ3) is 2.20. The summed E-state index contributed by atoms with van der Waals surface area (Å²) in [7, 11) is 1.65. The van der Waals surface area contributed by atoms with Gasteiger partial charge in [-0.3, -0.25) is 4.68 Å². The minimum Gasteiger partial charge on any atom is -0.497 e. The van der Waals surface area contributed by atoms with Crippen LogP contribution < -0.4 is 4.74 Å². The summed E-state index contributed by atoms with van der Waals surface area (Å²) in [5.41, 5.74) is 2.86. The third-order valence-corrected chi connectivity index (χ3v) is 3.46. The van der Waals surface area contributed by atoms with Crippen molar-refractivity contribution in [2.45, 2.75) is 13.5 Å². The quantitative estimate of drug-likeness (QED) is 0.744. The monoisotopic (exact) mass is 288 g/mol. The number of aryl methyl sites for hydroxylation is 1. The maximum absolute atomic E-state index is 6.04. The van der Waals surface area contributed by atoms with Gasteiger partial charge >= 0.3 is 0 Å². The Morgan fingerprint density at radius 2 is 1.95 bits per heavy atom. The Hall–Kier alpha value is -2.14. The van der Waals surface area contributed by atoms with Crippen LogP contribution in [0.5, 0.6) is 5.75 Å². The van der Waals surface area contributed by atoms with E-state index in [-0.39, 0.29) is 0 Å². The molecule has 2 heterocycles. The average molecular weight is 289 g/mol. The maximum atomic E-state index is 6.04. The highest BCUT2D eigenvalue weighted by Crippen LogP contribution is 2.23. The molecule has 5 nitrogen and oxygen atoms in total. The summed E-state index contributed by atoms with van der Waals surface area (Å²) in [6.45, 7) is 2.55. The van der Waals surface area contributed by atoms with Gasteiger partial charge in [0.05, 0.1) is 36.4 Å². The first kappa shape index (κ1) is 12.9. The van der Waals surface area contributed by atoms with Gasteiger partial charge in [0.25, 0.3) is 0 Å². The fourth-order valence-corrected chi connectivity index (χ4v) is 2.34. The van der Waals surface area contributed by atoms with Crippen LogP contribution in [0.1, 0.15) is 11.3 Å². The zero-order chi connectivity index (χ0) is 14.1. The first-order valence-electron chi connectivity index (χ1n) is 6.16. The molecule has 0 aliphatic heterocycles. The van der Waals surface area contributed by atoms with Crippen LogP contribution in [-0.4, -0.2) is 27.1 Å². The van der Waals surface area contributed by atoms with Gasteiger partial charge in [0.15, 0.2) is 5.15 Å². The molecule has 1 aromatic carbocycles. The van der Waals surface area contributed by atoms with E-state index in [0.29, 0.717) is 11.7 Å². The lowest BCUT2D eigenvalue weighted by Crippen LogP contribution is -2.03. The van der Waals surface area contributed by atoms with E-state index in [4.69, 9.17) is 16.3 Å². The number of methoxy groups -OCH3 is 1. The summed E-state index contributed by atoms with van der Waals surface area (Å²) < 4.78 is 7.03. The van der Waals surface area contributed by atoms with Crippen molar-refractivity contribution in [2.24, 2.45) is 0 Å². The molecule has 0 aliphatic rings. The average Bonchev–Trinajstić information content (AvgIpc) is 2.89. The standard InChI is InChI=1S/C14H13ClN4O/c1-9-13-12(14(15)18-17-9)7-16-19(13)8-10-3-5-11(20-2)6-4-10/h3-7H,8H2,1-2H3. The summed E-state index contributed by atoms with van der Waals surface area (Å²) in [5.74, 6) is 0.837. The molecule has 2 aromatic heterocycles. The zero-order valence-corrected chi connectivity index (χ0v) is 11.9. The topological polar surface area (TPSA) is 52.8 Å². The van der Waals surface area contributed by atoms with Crippen LogP contribution in [0.3, 0.4) is 0 Å². The molecule has 102 valence electrons. The number of hydrogen-bond acceptors (Lipinski definition) is 4. The lowest BCUT2D eigenvalue weighted by molar-refractivity contribution is 0.414. The molecule has 0 aliphatic carbocycles. The molecule has 0 unspecified atom stereocenters. The lowest BCUT2D eigenvalue weighted by atomic mass is 10.2. The van der Waals surface area contributed by atoms with Gasteiger partial charge in [0, 0.05) is 0 Å². The molecule has 0 fully saturated rings. The molecule has 0 N–H and O–H groups in total. The summed E-state index contributed by atoms with van der Waals surface area (Å²) in [6.07, 6.45) is 1.73. The van der Waals surface area contributed by atoms with Gasteiger partial charge in [-0.25, -0.2) is 0 Å². The fourth-order valence-electron chi connectivity index (χ4n) is 2.16. The first-order valence-corrected chi connectivity index (χ1v) is 6.54. The molecule has 0 spiro atoms. The van der Waals surface area contributed by atoms with Crippen LogP contribution in [0.15, 0.2) is 30.5 Å². The van der Waals surface area contributed by atoms with Crippen molar-refractivity contribution < 1.29 is 4.74 Å². The smallest absolute Gasteiger partial charge is 0.162 e. The number of ether oxygens (including phenoxy) is 1. The van der Waals surface area contributed by atoms with Crippen molar-refractivity contribution >= 4 is 22.5 Å². The number of hydrogen-bond donors (Lipinski definition) is 0. The third-order valence-electron chi connectivity index (χ3n) is 3.18. The minimum atomic E-state index is 0.381. The van der Waals surface area contributed by atoms with Gasteiger partial charge in [0.2, 0.25) is 0 Å². The summed E-state index contributed by atoms with van der Waals surface area (Å²) in [5, 5.41) is 13.5. The largest absolute Gasteiger partial charge is 0.497 e. The number of halogens is 1. The Balaban J connectivity index is 2.00. The lowest BCUT2D eigenvalue weighted by Gasteiger charge is -2.06. The second-order valence-electron chi connectivity index (χ2n) is 4.49. The molecule has 0 saturated carbocycles. The Morgan fingerprint density at radius 1 is 1.20 bits per heavy atom. The van der Waals surface area contributed by atoms with Crippen molar-refractivity contribution in [1.82, 2.24) is 20.0 Å². The maximum Gasteiger partial charge on any atom is 0.162 e. The van der Waals surface area contributed by atoms with Crippen molar-refractivity contribution in [1.29, 1.82) is 0 Å². The van der Waals surface area contributed by atoms with Crippen LogP contribution in [-0.2, 0) is 6.54 Å². The summed E-state index contributed by atoms with van der Waals surface area (Å²) >= 11 is 6.04. The molecule has 6 heteroatoms. The zero-order valence-electron chi connectivity index (χ0n) is 11.2. The van der Waals surface area contributed by atoms with E-state index in [1.165, 1.54) is 0 Å². The highest BCUT2D eigenvalue weighted by atomic mass is 35.5. The van der Waals surface area contributed by atoms with Crippen LogP contribution >= 0.6 is 11.6 Å². The van der Waals surface area contributed by atoms with Crippen LogP contribution in [0.2, 0.25) is 5.15 Å². The molecular weight excluding hydrogens is 276 g/mol. The molecule has 0 amide bonds. The number of benzene rings is 1. The van der Waals surface area contributed by atoms with E-state index < -0.39 is 0 Å². The van der Waals surface area contributed by atoms with Gasteiger partial charge < -0.3 is 4.74 Å². The Bertz CT molecular complexity index is 752. The molecule has 0 bridgehead atoms. The summed E-state index contributed by atoms with van der Waals surface area (Å²) in [6, 6.07) is 7.89. The van der Waals surface area contributed by atoms with E-state index in [1.54, 1.807) is 13.3 Å². The molecule has 0 radical (unpaired) electrons. The highest BCUT2D eigenvalue weighted by Gasteiger charge is 2.11. The second-order valence-corrected chi connectivity index (χ2v) is 4.85. The van der Waals surface area contributed by atoms with E-state index in [9.17, 15) is 0 Å². The van der Waals surface area contributed by atoms with Gasteiger partial charge in [0.1, 0.15) is 5.75 Å². The normalized spacial score (nSPS) is 10.9. The SMILES string of the molecule is COc1ccc(Cn2ncc3c(Cl)nnc(C)c32)cc1. The second kappa shape index (κ2) is 5.09. The molecular formula is C14H13ClN4O. The molecule has 3 aromatic rings. The van der Waals surface area contributed by atoms with Gasteiger partial charge in [-0.2, -0.15) is 10.2 Å². The molecule has 0 atom stereocenters. The minimum absolute atomic E-state index is 0.381. The van der Waals surface area contributed by atoms with E-state index >= 15 is 0 Å². The van der Waals surface area contributed by atoms with Crippen molar-refractivity contribution in [2.75, 3.05) is 7.11 Å². The number of aromatic nitrogens is 4. The van der Waals surface area contributed by atoms with Crippen LogP contribution in [0.4, 0.5) is 0 Å². The van der Waals surface area contributed by atoms with Gasteiger partial charge in [-0.05, 0) is 24.6 Å². The van der Waals surface area contributed by atoms with E-state index in [2.05, 4.69) is 15.3 Å². The first-order chi connectivity index (χ1) is 9.69. The van der Waals surface area contributed by atoms with Crippen molar-refractivity contribution in [3.05, 3.63) is 46.9 Å². The predicted octanol–water partition coefficient (Wildman–Crippen LogP) is 2.85. The van der Waals surface area contributed by atoms with Gasteiger partial charge in [-0.1, -0.05) is 23.7 Å². The van der Waals surface area contributed by atoms with E-state index in [1.807, 2.05) is 35.9 Å². The van der Waals surface area contributed by atoms with Crippen LogP contribution in [0, 0.1) is 6.92 Å². The van der Waals surface area contributed by atoms with Crippen LogP contribution in [0.25, 0.3) is 10.9 Å². The summed E-state index contributed by atoms with van der Waals surface area (Å²) in [4.78, 5) is 0. The van der Waals surface area contributed by atoms with Gasteiger partial charge in [-0.15, -0.1) is 5.10 Å². The predicted molar refractivity (Wildman–Crippen MR) is 77.2 cm³/mol. The molecule has 0 saturated heterocycles. The Kier molecular flexibility index (Phi) is 3.28. The Morgan fingerprint density at radius 3 is 2.65 bits per heavy atom. The number of fused-ring (bicyclic) bond motifs is 1.